The summed E-state index contributed by atoms with van der Waals surface area (Å²) < 4.78 is 0. The highest BCUT2D eigenvalue weighted by Crippen LogP contribution is 2.63. The van der Waals surface area contributed by atoms with Gasteiger partial charge in [0.25, 0.3) is 0 Å². The van der Waals surface area contributed by atoms with E-state index in [4.69, 9.17) is 0 Å². The fraction of sp³-hybridized carbons (Fsp3) is 0.917. The number of hydrogen-bond donors (Lipinski definition) is 0. The van der Waals surface area contributed by atoms with Crippen molar-refractivity contribution in [2.45, 2.75) is 58.3 Å². The number of hydrogen-bond acceptors (Lipinski definition) is 1. The van der Waals surface area contributed by atoms with Gasteiger partial charge in [-0.25, -0.2) is 0 Å². The summed E-state index contributed by atoms with van der Waals surface area (Å²) in [4.78, 5) is 11.3. The Morgan fingerprint density at radius 1 is 1.46 bits per heavy atom. The Morgan fingerprint density at radius 2 is 2.31 bits per heavy atom. The first-order valence-corrected chi connectivity index (χ1v) is 5.78. The summed E-state index contributed by atoms with van der Waals surface area (Å²) in [6.45, 7) is 2.24. The molecule has 1 heteroatoms. The van der Waals surface area contributed by atoms with E-state index in [1.165, 1.54) is 38.5 Å². The maximum Gasteiger partial charge on any atom is 0.133 e. The molecule has 0 aromatic heterocycles. The van der Waals surface area contributed by atoms with Crippen molar-refractivity contribution >= 4 is 5.78 Å². The van der Waals surface area contributed by atoms with Crippen LogP contribution in [0.25, 0.3) is 0 Å². The van der Waals surface area contributed by atoms with Gasteiger partial charge in [-0.2, -0.15) is 0 Å². The van der Waals surface area contributed by atoms with Gasteiger partial charge in [0.15, 0.2) is 0 Å². The van der Waals surface area contributed by atoms with Crippen LogP contribution in [0.2, 0.25) is 0 Å². The maximum absolute atomic E-state index is 11.3. The predicted octanol–water partition coefficient (Wildman–Crippen LogP) is 3.33. The summed E-state index contributed by atoms with van der Waals surface area (Å²) >= 11 is 0. The quantitative estimate of drug-likeness (QED) is 0.606. The van der Waals surface area contributed by atoms with Gasteiger partial charge < -0.3 is 0 Å². The Balaban J connectivity index is 1.81. The zero-order valence-electron chi connectivity index (χ0n) is 8.64. The summed E-state index contributed by atoms with van der Waals surface area (Å²) in [5, 5.41) is 0. The summed E-state index contributed by atoms with van der Waals surface area (Å²) in [6, 6.07) is 0. The van der Waals surface area contributed by atoms with Crippen LogP contribution in [-0.4, -0.2) is 5.78 Å². The van der Waals surface area contributed by atoms with Gasteiger partial charge in [-0.05, 0) is 30.6 Å². The van der Waals surface area contributed by atoms with Crippen LogP contribution in [0.3, 0.4) is 0 Å². The molecule has 0 N–H and O–H groups in total. The fourth-order valence-electron chi connectivity index (χ4n) is 2.99. The van der Waals surface area contributed by atoms with Gasteiger partial charge in [-0.1, -0.05) is 26.2 Å². The van der Waals surface area contributed by atoms with Crippen molar-refractivity contribution in [3.8, 4) is 0 Å². The predicted molar refractivity (Wildman–Crippen MR) is 53.5 cm³/mol. The third-order valence-corrected chi connectivity index (χ3v) is 3.96. The number of rotatable bonds is 4. The Kier molecular flexibility index (Phi) is 2.44. The second-order valence-corrected chi connectivity index (χ2v) is 4.97. The minimum atomic E-state index is 0.518. The number of fused-ring (bicyclic) bond motifs is 1. The lowest BCUT2D eigenvalue weighted by molar-refractivity contribution is -0.121. The Labute approximate surface area is 80.9 Å². The monoisotopic (exact) mass is 180 g/mol. The van der Waals surface area contributed by atoms with Crippen molar-refractivity contribution in [1.82, 2.24) is 0 Å². The van der Waals surface area contributed by atoms with E-state index >= 15 is 0 Å². The average molecular weight is 180 g/mol. The maximum atomic E-state index is 11.3. The van der Waals surface area contributed by atoms with Crippen LogP contribution >= 0.6 is 0 Å². The standard InChI is InChI=1S/C12H20O/c1-2-3-4-7-12-8-10(12)5-6-11(13)9-12/h10H,2-9H2,1H3. The first kappa shape index (κ1) is 9.23. The highest BCUT2D eigenvalue weighted by molar-refractivity contribution is 5.80. The molecule has 2 rings (SSSR count). The Bertz CT molecular complexity index is 209. The van der Waals surface area contributed by atoms with Crippen LogP contribution in [0.15, 0.2) is 0 Å². The molecule has 2 fully saturated rings. The first-order valence-electron chi connectivity index (χ1n) is 5.78. The zero-order chi connectivity index (χ0) is 9.31. The SMILES string of the molecule is CCCCCC12CC(=O)CCC1C2. The Hall–Kier alpha value is -0.330. The lowest BCUT2D eigenvalue weighted by Crippen LogP contribution is -2.17. The molecule has 2 atom stereocenters. The van der Waals surface area contributed by atoms with Gasteiger partial charge in [0.05, 0.1) is 0 Å². The lowest BCUT2D eigenvalue weighted by atomic mass is 9.84. The van der Waals surface area contributed by atoms with Crippen molar-refractivity contribution in [2.75, 3.05) is 0 Å². The third kappa shape index (κ3) is 1.79. The smallest absolute Gasteiger partial charge is 0.133 e. The number of Topliss-reactive ketones (excluding diaryl/α,β-unsaturated/α-hetero) is 1. The van der Waals surface area contributed by atoms with Gasteiger partial charge in [0.1, 0.15) is 5.78 Å². The Morgan fingerprint density at radius 3 is 3.08 bits per heavy atom. The molecule has 2 aliphatic carbocycles. The van der Waals surface area contributed by atoms with E-state index in [1.54, 1.807) is 0 Å². The normalized spacial score (nSPS) is 37.3. The molecule has 0 aromatic carbocycles. The number of carbonyl (C=O) groups is 1. The second-order valence-electron chi connectivity index (χ2n) is 4.97. The van der Waals surface area contributed by atoms with E-state index in [2.05, 4.69) is 6.92 Å². The van der Waals surface area contributed by atoms with E-state index in [0.29, 0.717) is 11.2 Å². The summed E-state index contributed by atoms with van der Waals surface area (Å²) in [5.74, 6) is 1.47. The molecule has 2 saturated carbocycles. The van der Waals surface area contributed by atoms with E-state index in [1.807, 2.05) is 0 Å². The third-order valence-electron chi connectivity index (χ3n) is 3.96. The highest BCUT2D eigenvalue weighted by atomic mass is 16.1. The molecule has 74 valence electrons. The molecule has 2 aliphatic rings. The van der Waals surface area contributed by atoms with Crippen LogP contribution in [0.5, 0.6) is 0 Å². The fourth-order valence-corrected chi connectivity index (χ4v) is 2.99. The number of ketones is 1. The molecule has 0 saturated heterocycles. The minimum absolute atomic E-state index is 0.518. The molecule has 0 aliphatic heterocycles. The largest absolute Gasteiger partial charge is 0.300 e. The molecular formula is C12H20O. The topological polar surface area (TPSA) is 17.1 Å². The molecule has 1 nitrogen and oxygen atoms in total. The molecule has 0 radical (unpaired) electrons. The van der Waals surface area contributed by atoms with Crippen LogP contribution in [0, 0.1) is 11.3 Å². The van der Waals surface area contributed by atoms with Gasteiger partial charge in [-0.15, -0.1) is 0 Å². The van der Waals surface area contributed by atoms with Crippen LogP contribution in [0.1, 0.15) is 58.3 Å². The molecule has 0 heterocycles. The summed E-state index contributed by atoms with van der Waals surface area (Å²) in [5.41, 5.74) is 0.518. The zero-order valence-corrected chi connectivity index (χ0v) is 8.64. The van der Waals surface area contributed by atoms with Crippen LogP contribution < -0.4 is 0 Å². The second kappa shape index (κ2) is 3.43. The van der Waals surface area contributed by atoms with Crippen molar-refractivity contribution in [3.63, 3.8) is 0 Å². The van der Waals surface area contributed by atoms with Gasteiger partial charge in [0.2, 0.25) is 0 Å². The molecule has 13 heavy (non-hydrogen) atoms. The van der Waals surface area contributed by atoms with E-state index in [9.17, 15) is 4.79 Å². The minimum Gasteiger partial charge on any atom is -0.300 e. The van der Waals surface area contributed by atoms with Crippen LogP contribution in [0.4, 0.5) is 0 Å². The van der Waals surface area contributed by atoms with Crippen molar-refractivity contribution in [2.24, 2.45) is 11.3 Å². The average Bonchev–Trinajstić information content (AvgIpc) is 2.78. The van der Waals surface area contributed by atoms with E-state index in [0.717, 1.165) is 18.8 Å². The van der Waals surface area contributed by atoms with Crippen LogP contribution in [-0.2, 0) is 4.79 Å². The van der Waals surface area contributed by atoms with Crippen molar-refractivity contribution in [3.05, 3.63) is 0 Å². The first-order chi connectivity index (χ1) is 6.27. The lowest BCUT2D eigenvalue weighted by Gasteiger charge is -2.20. The summed E-state index contributed by atoms with van der Waals surface area (Å²) in [6.07, 6.45) is 9.68. The molecule has 0 aromatic rings. The number of unbranched alkanes of at least 4 members (excludes halogenated alkanes) is 2. The van der Waals surface area contributed by atoms with Gasteiger partial charge in [-0.3, -0.25) is 4.79 Å². The molecular weight excluding hydrogens is 160 g/mol. The van der Waals surface area contributed by atoms with E-state index < -0.39 is 0 Å². The van der Waals surface area contributed by atoms with E-state index in [-0.39, 0.29) is 0 Å². The molecule has 0 spiro atoms. The van der Waals surface area contributed by atoms with Gasteiger partial charge in [0, 0.05) is 12.8 Å². The van der Waals surface area contributed by atoms with Crippen molar-refractivity contribution in [1.29, 1.82) is 0 Å². The summed E-state index contributed by atoms with van der Waals surface area (Å²) in [7, 11) is 0. The highest BCUT2D eigenvalue weighted by Gasteiger charge is 2.55. The molecule has 2 unspecified atom stereocenters. The van der Waals surface area contributed by atoms with Gasteiger partial charge >= 0.3 is 0 Å². The molecule has 0 bridgehead atoms. The van der Waals surface area contributed by atoms with Crippen molar-refractivity contribution < 1.29 is 4.79 Å². The number of carbonyl (C=O) groups excluding carboxylic acids is 1. The molecule has 0 amide bonds.